The van der Waals surface area contributed by atoms with E-state index in [1.807, 2.05) is 0 Å². The zero-order valence-corrected chi connectivity index (χ0v) is 12.4. The van der Waals surface area contributed by atoms with Crippen LogP contribution < -0.4 is 5.56 Å². The lowest BCUT2D eigenvalue weighted by Crippen LogP contribution is -2.14. The highest BCUT2D eigenvalue weighted by molar-refractivity contribution is 5.90. The summed E-state index contributed by atoms with van der Waals surface area (Å²) in [6.45, 7) is 0. The number of rotatable bonds is 2. The van der Waals surface area contributed by atoms with Crippen LogP contribution in [0.4, 0.5) is 13.2 Å². The van der Waals surface area contributed by atoms with E-state index in [0.29, 0.717) is 17.5 Å². The lowest BCUT2D eigenvalue weighted by molar-refractivity contribution is -0.137. The average Bonchev–Trinajstić information content (AvgIpc) is 3.20. The predicted molar refractivity (Wildman–Crippen MR) is 81.6 cm³/mol. The third kappa shape index (κ3) is 2.47. The van der Waals surface area contributed by atoms with Crippen molar-refractivity contribution in [2.24, 2.45) is 0 Å². The van der Waals surface area contributed by atoms with Crippen LogP contribution >= 0.6 is 0 Å². The van der Waals surface area contributed by atoms with Crippen molar-refractivity contribution in [1.82, 2.24) is 29.7 Å². The number of benzene rings is 1. The molecule has 0 aliphatic rings. The second-order valence-corrected chi connectivity index (χ2v) is 5.18. The Morgan fingerprint density at radius 3 is 2.56 bits per heavy atom. The van der Waals surface area contributed by atoms with Crippen molar-refractivity contribution in [3.63, 3.8) is 0 Å². The zero-order chi connectivity index (χ0) is 17.6. The quantitative estimate of drug-likeness (QED) is 0.604. The van der Waals surface area contributed by atoms with E-state index >= 15 is 0 Å². The second kappa shape index (κ2) is 5.30. The molecule has 0 aliphatic heterocycles. The van der Waals surface area contributed by atoms with Gasteiger partial charge < -0.3 is 4.98 Å². The molecule has 1 N–H and O–H groups in total. The summed E-state index contributed by atoms with van der Waals surface area (Å²) >= 11 is 0. The van der Waals surface area contributed by atoms with Crippen LogP contribution in [-0.2, 0) is 6.18 Å². The Hall–Kier alpha value is -3.43. The van der Waals surface area contributed by atoms with Gasteiger partial charge >= 0.3 is 6.18 Å². The Labute approximate surface area is 137 Å². The summed E-state index contributed by atoms with van der Waals surface area (Å²) in [6.07, 6.45) is -1.91. The third-order valence-electron chi connectivity index (χ3n) is 3.59. The number of aromatic amines is 1. The van der Waals surface area contributed by atoms with Crippen molar-refractivity contribution in [1.29, 1.82) is 0 Å². The molecule has 0 radical (unpaired) electrons. The van der Waals surface area contributed by atoms with Crippen LogP contribution in [-0.4, -0.2) is 29.7 Å². The van der Waals surface area contributed by atoms with Crippen molar-refractivity contribution in [3.05, 3.63) is 65.0 Å². The smallest absolute Gasteiger partial charge is 0.312 e. The number of alkyl halides is 3. The van der Waals surface area contributed by atoms with Gasteiger partial charge in [0.2, 0.25) is 0 Å². The van der Waals surface area contributed by atoms with E-state index in [4.69, 9.17) is 0 Å². The molecule has 0 atom stereocenters. The summed E-state index contributed by atoms with van der Waals surface area (Å²) in [5.41, 5.74) is -0.345. The van der Waals surface area contributed by atoms with E-state index < -0.39 is 17.3 Å². The minimum atomic E-state index is -4.53. The maximum atomic E-state index is 12.8. The first-order chi connectivity index (χ1) is 11.9. The Morgan fingerprint density at radius 2 is 1.88 bits per heavy atom. The largest absolute Gasteiger partial charge is 0.419 e. The van der Waals surface area contributed by atoms with Crippen molar-refractivity contribution in [2.45, 2.75) is 6.18 Å². The van der Waals surface area contributed by atoms with Gasteiger partial charge in [0, 0.05) is 5.56 Å². The van der Waals surface area contributed by atoms with Gasteiger partial charge in [-0.1, -0.05) is 30.3 Å². The first kappa shape index (κ1) is 15.1. The highest BCUT2D eigenvalue weighted by Crippen LogP contribution is 2.29. The van der Waals surface area contributed by atoms with Gasteiger partial charge in [0.1, 0.15) is 11.1 Å². The lowest BCUT2D eigenvalue weighted by atomic mass is 10.1. The summed E-state index contributed by atoms with van der Waals surface area (Å²) in [4.78, 5) is 20.7. The molecule has 25 heavy (non-hydrogen) atoms. The van der Waals surface area contributed by atoms with Gasteiger partial charge in [-0.15, -0.1) is 9.89 Å². The van der Waals surface area contributed by atoms with E-state index in [9.17, 15) is 18.0 Å². The maximum absolute atomic E-state index is 12.8. The van der Waals surface area contributed by atoms with Gasteiger partial charge in [0.25, 0.3) is 5.56 Å². The summed E-state index contributed by atoms with van der Waals surface area (Å²) in [5, 5.41) is 8.10. The number of hydrogen-bond acceptors (Lipinski definition) is 4. The third-order valence-corrected chi connectivity index (χ3v) is 3.59. The SMILES string of the molecule is O=c1[nH]cnc2c1c(-c1ccccc1)nn2-n1cc(C(F)(F)F)cn1. The van der Waals surface area contributed by atoms with Gasteiger partial charge in [-0.25, -0.2) is 4.98 Å². The Balaban J connectivity index is 1.99. The van der Waals surface area contributed by atoms with Gasteiger partial charge in [-0.2, -0.15) is 23.1 Å². The lowest BCUT2D eigenvalue weighted by Gasteiger charge is -2.02. The second-order valence-electron chi connectivity index (χ2n) is 5.18. The van der Waals surface area contributed by atoms with Crippen LogP contribution in [0.5, 0.6) is 0 Å². The summed E-state index contributed by atoms with van der Waals surface area (Å²) in [6, 6.07) is 8.81. The highest BCUT2D eigenvalue weighted by atomic mass is 19.4. The van der Waals surface area contributed by atoms with Gasteiger partial charge in [-0.3, -0.25) is 4.79 Å². The molecule has 0 fully saturated rings. The molecule has 0 spiro atoms. The Morgan fingerprint density at radius 1 is 1.12 bits per heavy atom. The van der Waals surface area contributed by atoms with Crippen LogP contribution in [0.25, 0.3) is 22.3 Å². The number of H-pyrrole nitrogens is 1. The van der Waals surface area contributed by atoms with E-state index in [-0.39, 0.29) is 11.0 Å². The topological polar surface area (TPSA) is 81.4 Å². The van der Waals surface area contributed by atoms with Crippen LogP contribution in [0.1, 0.15) is 5.56 Å². The highest BCUT2D eigenvalue weighted by Gasteiger charge is 2.32. The molecule has 1 aromatic carbocycles. The van der Waals surface area contributed by atoms with Crippen LogP contribution in [0.2, 0.25) is 0 Å². The number of aromatic nitrogens is 6. The number of hydrogen-bond donors (Lipinski definition) is 1. The molecule has 126 valence electrons. The maximum Gasteiger partial charge on any atom is 0.419 e. The van der Waals surface area contributed by atoms with Gasteiger partial charge in [0.05, 0.1) is 24.3 Å². The van der Waals surface area contributed by atoms with Crippen molar-refractivity contribution in [3.8, 4) is 11.3 Å². The van der Waals surface area contributed by atoms with Crippen LogP contribution in [0.15, 0.2) is 53.8 Å². The molecule has 7 nitrogen and oxygen atoms in total. The Bertz CT molecular complexity index is 1110. The molecule has 0 unspecified atom stereocenters. The van der Waals surface area contributed by atoms with E-state index in [1.54, 1.807) is 30.3 Å². The van der Waals surface area contributed by atoms with E-state index in [1.165, 1.54) is 0 Å². The average molecular weight is 346 g/mol. The fraction of sp³-hybridized carbons (Fsp3) is 0.0667. The number of nitrogens with one attached hydrogen (secondary N) is 1. The van der Waals surface area contributed by atoms with E-state index in [2.05, 4.69) is 20.2 Å². The monoisotopic (exact) mass is 346 g/mol. The molecule has 3 heterocycles. The van der Waals surface area contributed by atoms with Gasteiger partial charge in [0.15, 0.2) is 5.65 Å². The Kier molecular flexibility index (Phi) is 3.20. The molecule has 0 saturated carbocycles. The fourth-order valence-electron chi connectivity index (χ4n) is 2.45. The molecule has 4 aromatic rings. The summed E-state index contributed by atoms with van der Waals surface area (Å²) in [7, 11) is 0. The van der Waals surface area contributed by atoms with Crippen molar-refractivity contribution >= 4 is 11.0 Å². The standard InChI is InChI=1S/C15H9F3N6O/c16-15(17,18)10-6-21-23(7-10)24-13-11(14(25)20-8-19-13)12(22-24)9-4-2-1-3-5-9/h1-8H,(H,19,20,25). The summed E-state index contributed by atoms with van der Waals surface area (Å²) < 4.78 is 38.4. The molecule has 0 aliphatic carbocycles. The molecule has 0 bridgehead atoms. The van der Waals surface area contributed by atoms with Crippen molar-refractivity contribution in [2.75, 3.05) is 0 Å². The normalized spacial score (nSPS) is 12.0. The molecule has 3 aromatic heterocycles. The molecular weight excluding hydrogens is 337 g/mol. The molecular formula is C15H9F3N6O. The van der Waals surface area contributed by atoms with Gasteiger partial charge in [-0.05, 0) is 0 Å². The molecule has 0 amide bonds. The fourth-order valence-corrected chi connectivity index (χ4v) is 2.45. The first-order valence-electron chi connectivity index (χ1n) is 7.09. The minimum absolute atomic E-state index is 0.0967. The molecule has 10 heteroatoms. The molecule has 0 saturated heterocycles. The first-order valence-corrected chi connectivity index (χ1v) is 7.09. The summed E-state index contributed by atoms with van der Waals surface area (Å²) in [5.74, 6) is 0. The minimum Gasteiger partial charge on any atom is -0.312 e. The predicted octanol–water partition coefficient (Wildman–Crippen LogP) is 2.31. The zero-order valence-electron chi connectivity index (χ0n) is 12.4. The molecule has 4 rings (SSSR count). The van der Waals surface area contributed by atoms with Crippen LogP contribution in [0.3, 0.4) is 0 Å². The van der Waals surface area contributed by atoms with Crippen molar-refractivity contribution < 1.29 is 13.2 Å². The number of halogens is 3. The number of fused-ring (bicyclic) bond motifs is 1. The van der Waals surface area contributed by atoms with Crippen LogP contribution in [0, 0.1) is 0 Å². The number of nitrogens with zero attached hydrogens (tertiary/aromatic N) is 5. The van der Waals surface area contributed by atoms with E-state index in [0.717, 1.165) is 22.1 Å².